The molecule has 0 saturated heterocycles. The second-order valence-corrected chi connectivity index (χ2v) is 7.90. The van der Waals surface area contributed by atoms with Gasteiger partial charge in [-0.05, 0) is 57.0 Å². The van der Waals surface area contributed by atoms with Crippen molar-refractivity contribution in [2.45, 2.75) is 45.8 Å². The van der Waals surface area contributed by atoms with Gasteiger partial charge < -0.3 is 9.84 Å². The Morgan fingerprint density at radius 2 is 1.91 bits per heavy atom. The zero-order valence-corrected chi connectivity index (χ0v) is 18.9. The number of hydrogen-bond acceptors (Lipinski definition) is 4. The first kappa shape index (κ1) is 23.7. The molecule has 0 bridgehead atoms. The number of hydrogen-bond donors (Lipinski definition) is 1. The maximum Gasteiger partial charge on any atom is 0.227 e. The number of allylic oxidation sites excluding steroid dienone is 1. The highest BCUT2D eigenvalue weighted by Crippen LogP contribution is 2.32. The highest BCUT2D eigenvalue weighted by atomic mass is 19.1. The van der Waals surface area contributed by atoms with Gasteiger partial charge in [0.05, 0.1) is 23.0 Å². The van der Waals surface area contributed by atoms with E-state index in [1.54, 1.807) is 22.9 Å². The Kier molecular flexibility index (Phi) is 8.59. The molecular formula is C26H32FN3O2. The van der Waals surface area contributed by atoms with Gasteiger partial charge in [0.15, 0.2) is 11.6 Å². The smallest absolute Gasteiger partial charge is 0.227 e. The molecule has 1 atom stereocenters. The molecule has 6 heteroatoms. The molecule has 170 valence electrons. The summed E-state index contributed by atoms with van der Waals surface area (Å²) in [6.45, 7) is 9.68. The lowest BCUT2D eigenvalue weighted by Gasteiger charge is -2.25. The van der Waals surface area contributed by atoms with E-state index in [0.717, 1.165) is 36.3 Å². The van der Waals surface area contributed by atoms with E-state index < -0.39 is 11.9 Å². The summed E-state index contributed by atoms with van der Waals surface area (Å²) in [7, 11) is 0. The third-order valence-electron chi connectivity index (χ3n) is 5.28. The Morgan fingerprint density at radius 3 is 2.59 bits per heavy atom. The van der Waals surface area contributed by atoms with Gasteiger partial charge in [0.1, 0.15) is 0 Å². The van der Waals surface area contributed by atoms with Gasteiger partial charge in [0, 0.05) is 13.1 Å². The normalized spacial score (nSPS) is 12.2. The zero-order valence-electron chi connectivity index (χ0n) is 18.9. The quantitative estimate of drug-likeness (QED) is 0.372. The van der Waals surface area contributed by atoms with Crippen molar-refractivity contribution in [3.8, 4) is 17.3 Å². The molecule has 1 N–H and O–H groups in total. The number of rotatable bonds is 12. The molecule has 2 aromatic carbocycles. The summed E-state index contributed by atoms with van der Waals surface area (Å²) in [6.07, 6.45) is 3.77. The number of aryl methyl sites for hydroxylation is 1. The molecule has 0 aliphatic carbocycles. The van der Waals surface area contributed by atoms with Crippen LogP contribution in [0.1, 0.15) is 37.4 Å². The van der Waals surface area contributed by atoms with Crippen molar-refractivity contribution >= 4 is 0 Å². The first-order valence-electron chi connectivity index (χ1n) is 11.1. The van der Waals surface area contributed by atoms with E-state index in [9.17, 15) is 9.50 Å². The summed E-state index contributed by atoms with van der Waals surface area (Å²) in [5.41, 5.74) is 2.52. The van der Waals surface area contributed by atoms with Gasteiger partial charge in [0.2, 0.25) is 5.88 Å². The molecule has 0 aliphatic rings. The second kappa shape index (κ2) is 11.6. The predicted molar refractivity (Wildman–Crippen MR) is 126 cm³/mol. The molecule has 32 heavy (non-hydrogen) atoms. The Hall–Kier alpha value is -2.96. The van der Waals surface area contributed by atoms with Crippen LogP contribution < -0.4 is 4.74 Å². The standard InChI is InChI=1S/C26H32FN3O2/c1-4-6-14-22(31)18-29(17-5-2)19-23-20(3)28-30(21-12-8-7-9-13-21)26(23)32-25-16-11-10-15-24(25)27/h4,7-13,15-16,22,31H,1,5-6,14,17-19H2,2-3H3. The summed E-state index contributed by atoms with van der Waals surface area (Å²) >= 11 is 0. The number of benzene rings is 2. The number of aliphatic hydroxyl groups is 1. The van der Waals surface area contributed by atoms with E-state index in [4.69, 9.17) is 9.84 Å². The van der Waals surface area contributed by atoms with E-state index >= 15 is 0 Å². The lowest BCUT2D eigenvalue weighted by atomic mass is 10.1. The minimum Gasteiger partial charge on any atom is -0.435 e. The van der Waals surface area contributed by atoms with Crippen molar-refractivity contribution in [2.75, 3.05) is 13.1 Å². The molecular weight excluding hydrogens is 405 g/mol. The molecule has 1 heterocycles. The number of nitrogens with zero attached hydrogens (tertiary/aromatic N) is 3. The largest absolute Gasteiger partial charge is 0.435 e. The third-order valence-corrected chi connectivity index (χ3v) is 5.28. The minimum atomic E-state index is -0.444. The molecule has 5 nitrogen and oxygen atoms in total. The Bertz CT molecular complexity index is 1000. The van der Waals surface area contributed by atoms with E-state index in [-0.39, 0.29) is 5.75 Å². The molecule has 3 rings (SSSR count). The maximum atomic E-state index is 14.4. The number of aromatic nitrogens is 2. The minimum absolute atomic E-state index is 0.152. The zero-order chi connectivity index (χ0) is 22.9. The van der Waals surface area contributed by atoms with Crippen molar-refractivity contribution in [3.05, 3.63) is 84.3 Å². The van der Waals surface area contributed by atoms with Gasteiger partial charge in [0.25, 0.3) is 0 Å². The average molecular weight is 438 g/mol. The Labute approximate surface area is 189 Å². The van der Waals surface area contributed by atoms with E-state index in [1.807, 2.05) is 43.3 Å². The fraction of sp³-hybridized carbons (Fsp3) is 0.346. The van der Waals surface area contributed by atoms with Crippen molar-refractivity contribution in [2.24, 2.45) is 0 Å². The van der Waals surface area contributed by atoms with Gasteiger partial charge in [-0.25, -0.2) is 9.07 Å². The number of ether oxygens (including phenoxy) is 1. The fourth-order valence-corrected chi connectivity index (χ4v) is 3.68. The second-order valence-electron chi connectivity index (χ2n) is 7.90. The van der Waals surface area contributed by atoms with E-state index in [1.165, 1.54) is 6.07 Å². The van der Waals surface area contributed by atoms with Crippen LogP contribution in [0.15, 0.2) is 67.3 Å². The van der Waals surface area contributed by atoms with Gasteiger partial charge in [-0.2, -0.15) is 5.10 Å². The predicted octanol–water partition coefficient (Wildman–Crippen LogP) is 5.65. The van der Waals surface area contributed by atoms with Crippen LogP contribution in [-0.4, -0.2) is 39.0 Å². The number of para-hydroxylation sites is 2. The fourth-order valence-electron chi connectivity index (χ4n) is 3.68. The van der Waals surface area contributed by atoms with Crippen LogP contribution >= 0.6 is 0 Å². The van der Waals surface area contributed by atoms with Crippen LogP contribution in [0.2, 0.25) is 0 Å². The summed E-state index contributed by atoms with van der Waals surface area (Å²) < 4.78 is 22.3. The monoisotopic (exact) mass is 437 g/mol. The van der Waals surface area contributed by atoms with E-state index in [0.29, 0.717) is 25.4 Å². The van der Waals surface area contributed by atoms with Gasteiger partial charge in [-0.3, -0.25) is 4.90 Å². The molecule has 3 aromatic rings. The van der Waals surface area contributed by atoms with Crippen LogP contribution in [-0.2, 0) is 6.54 Å². The van der Waals surface area contributed by atoms with E-state index in [2.05, 4.69) is 18.4 Å². The van der Waals surface area contributed by atoms with Crippen LogP contribution in [0.5, 0.6) is 11.6 Å². The first-order valence-corrected chi connectivity index (χ1v) is 11.1. The number of aliphatic hydroxyl groups excluding tert-OH is 1. The first-order chi connectivity index (χ1) is 15.5. The molecule has 0 fully saturated rings. The molecule has 1 unspecified atom stereocenters. The lowest BCUT2D eigenvalue weighted by molar-refractivity contribution is 0.102. The van der Waals surface area contributed by atoms with Crippen molar-refractivity contribution in [1.29, 1.82) is 0 Å². The van der Waals surface area contributed by atoms with Gasteiger partial charge >= 0.3 is 0 Å². The number of halogens is 1. The summed E-state index contributed by atoms with van der Waals surface area (Å²) in [6, 6.07) is 16.0. The molecule has 1 aromatic heterocycles. The lowest BCUT2D eigenvalue weighted by Crippen LogP contribution is -2.33. The van der Waals surface area contributed by atoms with Gasteiger partial charge in [-0.15, -0.1) is 6.58 Å². The van der Waals surface area contributed by atoms with Crippen molar-refractivity contribution in [1.82, 2.24) is 14.7 Å². The van der Waals surface area contributed by atoms with Crippen molar-refractivity contribution < 1.29 is 14.2 Å². The summed E-state index contributed by atoms with van der Waals surface area (Å²) in [5.74, 6) is 0.210. The molecule has 0 saturated carbocycles. The summed E-state index contributed by atoms with van der Waals surface area (Å²) in [4.78, 5) is 2.20. The Balaban J connectivity index is 1.97. The van der Waals surface area contributed by atoms with Gasteiger partial charge in [-0.1, -0.05) is 43.3 Å². The van der Waals surface area contributed by atoms with Crippen LogP contribution in [0, 0.1) is 12.7 Å². The van der Waals surface area contributed by atoms with Crippen LogP contribution in [0.25, 0.3) is 5.69 Å². The SMILES string of the molecule is C=CCCC(O)CN(CCC)Cc1c(C)nn(-c2ccccc2)c1Oc1ccccc1F. The molecule has 0 amide bonds. The molecule has 0 radical (unpaired) electrons. The molecule has 0 spiro atoms. The highest BCUT2D eigenvalue weighted by molar-refractivity contribution is 5.43. The van der Waals surface area contributed by atoms with Crippen LogP contribution in [0.3, 0.4) is 0 Å². The topological polar surface area (TPSA) is 50.5 Å². The van der Waals surface area contributed by atoms with Crippen molar-refractivity contribution in [3.63, 3.8) is 0 Å². The van der Waals surface area contributed by atoms with Crippen LogP contribution in [0.4, 0.5) is 4.39 Å². The average Bonchev–Trinajstić information content (AvgIpc) is 3.09. The summed E-state index contributed by atoms with van der Waals surface area (Å²) in [5, 5.41) is 15.2. The third kappa shape index (κ3) is 6.05. The highest BCUT2D eigenvalue weighted by Gasteiger charge is 2.23. The maximum absolute atomic E-state index is 14.4. The molecule has 0 aliphatic heterocycles. The Morgan fingerprint density at radius 1 is 1.19 bits per heavy atom.